The van der Waals surface area contributed by atoms with Crippen LogP contribution in [0.25, 0.3) is 0 Å². The van der Waals surface area contributed by atoms with Crippen molar-refractivity contribution in [3.8, 4) is 0 Å². The maximum atomic E-state index is 12.4. The quantitative estimate of drug-likeness (QED) is 0.847. The molecule has 0 aliphatic heterocycles. The van der Waals surface area contributed by atoms with E-state index in [1.165, 1.54) is 6.07 Å². The van der Waals surface area contributed by atoms with Gasteiger partial charge < -0.3 is 10.4 Å². The molecule has 1 aromatic rings. The van der Waals surface area contributed by atoms with Crippen LogP contribution in [0.5, 0.6) is 0 Å². The Morgan fingerprint density at radius 3 is 2.32 bits per heavy atom. The van der Waals surface area contributed by atoms with Gasteiger partial charge in [-0.15, -0.1) is 0 Å². The minimum atomic E-state index is -4.67. The van der Waals surface area contributed by atoms with E-state index in [1.54, 1.807) is 18.2 Å². The molecule has 22 heavy (non-hydrogen) atoms. The lowest BCUT2D eigenvalue weighted by atomic mass is 9.97. The minimum absolute atomic E-state index is 0.199. The monoisotopic (exact) mass is 317 g/mol. The Labute approximate surface area is 126 Å². The van der Waals surface area contributed by atoms with Gasteiger partial charge in [0.25, 0.3) is 5.91 Å². The Bertz CT molecular complexity index is 541. The normalized spacial score (nSPS) is 13.0. The molecule has 0 aromatic heterocycles. The lowest BCUT2D eigenvalue weighted by molar-refractivity contribution is -0.157. The van der Waals surface area contributed by atoms with Crippen LogP contribution in [0.1, 0.15) is 36.2 Å². The van der Waals surface area contributed by atoms with E-state index in [1.807, 2.05) is 19.2 Å². The van der Waals surface area contributed by atoms with Crippen molar-refractivity contribution in [3.05, 3.63) is 35.4 Å². The predicted octanol–water partition coefficient (Wildman–Crippen LogP) is 3.02. The Morgan fingerprint density at radius 2 is 1.82 bits per heavy atom. The van der Waals surface area contributed by atoms with Gasteiger partial charge in [0, 0.05) is 5.56 Å². The molecule has 1 unspecified atom stereocenters. The van der Waals surface area contributed by atoms with E-state index < -0.39 is 30.5 Å². The third-order valence-corrected chi connectivity index (χ3v) is 2.93. The highest BCUT2D eigenvalue weighted by Gasteiger charge is 2.36. The van der Waals surface area contributed by atoms with E-state index in [9.17, 15) is 22.8 Å². The van der Waals surface area contributed by atoms with Gasteiger partial charge in [0.2, 0.25) is 0 Å². The summed E-state index contributed by atoms with van der Waals surface area (Å²) < 4.78 is 37.1. The van der Waals surface area contributed by atoms with E-state index in [4.69, 9.17) is 5.11 Å². The second kappa shape index (κ2) is 7.29. The fraction of sp³-hybridized carbons (Fsp3) is 0.467. The van der Waals surface area contributed by atoms with Crippen LogP contribution in [-0.2, 0) is 11.2 Å². The Kier molecular flexibility index (Phi) is 5.96. The minimum Gasteiger partial charge on any atom is -0.480 e. The number of carboxylic acid groups (broad SMARTS) is 1. The zero-order valence-corrected chi connectivity index (χ0v) is 12.3. The standard InChI is InChI=1S/C15H18F3NO3/c1-9(2)7-10-5-3-4-6-11(10)13(20)19-12(14(21)22)8-15(16,17)18/h3-6,9,12H,7-8H2,1-2H3,(H,19,20)(H,21,22). The van der Waals surface area contributed by atoms with Gasteiger partial charge in [-0.2, -0.15) is 13.2 Å². The van der Waals surface area contributed by atoms with E-state index in [0.29, 0.717) is 12.0 Å². The molecule has 0 bridgehead atoms. The van der Waals surface area contributed by atoms with E-state index in [2.05, 4.69) is 0 Å². The van der Waals surface area contributed by atoms with Gasteiger partial charge >= 0.3 is 12.1 Å². The van der Waals surface area contributed by atoms with Crippen molar-refractivity contribution in [2.75, 3.05) is 0 Å². The van der Waals surface area contributed by atoms with Crippen LogP contribution in [0, 0.1) is 5.92 Å². The molecule has 7 heteroatoms. The summed E-state index contributed by atoms with van der Waals surface area (Å²) in [5.74, 6) is -2.28. The van der Waals surface area contributed by atoms with Crippen molar-refractivity contribution < 1.29 is 27.9 Å². The van der Waals surface area contributed by atoms with Crippen molar-refractivity contribution in [1.29, 1.82) is 0 Å². The van der Waals surface area contributed by atoms with Crippen molar-refractivity contribution in [2.45, 2.75) is 38.9 Å². The van der Waals surface area contributed by atoms with Crippen molar-refractivity contribution in [1.82, 2.24) is 5.32 Å². The zero-order valence-electron chi connectivity index (χ0n) is 12.3. The summed E-state index contributed by atoms with van der Waals surface area (Å²) in [5.41, 5.74) is 0.871. The van der Waals surface area contributed by atoms with Gasteiger partial charge in [-0.1, -0.05) is 32.0 Å². The predicted molar refractivity (Wildman–Crippen MR) is 74.5 cm³/mol. The molecule has 0 aliphatic rings. The lowest BCUT2D eigenvalue weighted by Gasteiger charge is -2.18. The Morgan fingerprint density at radius 1 is 1.23 bits per heavy atom. The number of amides is 1. The second-order valence-electron chi connectivity index (χ2n) is 5.44. The number of alkyl halides is 3. The molecule has 0 saturated heterocycles. The first kappa shape index (κ1) is 18.0. The molecule has 0 heterocycles. The number of carboxylic acids is 1. The molecule has 1 atom stereocenters. The summed E-state index contributed by atoms with van der Waals surface area (Å²) in [6.07, 6.45) is -5.71. The number of carbonyl (C=O) groups excluding carboxylic acids is 1. The highest BCUT2D eigenvalue weighted by atomic mass is 19.4. The smallest absolute Gasteiger partial charge is 0.391 e. The van der Waals surface area contributed by atoms with E-state index in [0.717, 1.165) is 0 Å². The van der Waals surface area contributed by atoms with E-state index in [-0.39, 0.29) is 11.5 Å². The topological polar surface area (TPSA) is 66.4 Å². The number of benzene rings is 1. The molecule has 1 amide bonds. The lowest BCUT2D eigenvalue weighted by Crippen LogP contribution is -2.43. The molecule has 0 aliphatic carbocycles. The summed E-state index contributed by atoms with van der Waals surface area (Å²) in [7, 11) is 0. The molecule has 0 spiro atoms. The molecule has 122 valence electrons. The number of hydrogen-bond donors (Lipinski definition) is 2. The van der Waals surface area contributed by atoms with Gasteiger partial charge in [0.1, 0.15) is 6.04 Å². The van der Waals surface area contributed by atoms with Crippen LogP contribution in [0.2, 0.25) is 0 Å². The molecule has 0 fully saturated rings. The largest absolute Gasteiger partial charge is 0.480 e. The molecule has 1 aromatic carbocycles. The summed E-state index contributed by atoms with van der Waals surface area (Å²) in [6, 6.07) is 4.48. The maximum Gasteiger partial charge on any atom is 0.391 e. The molecular formula is C15H18F3NO3. The zero-order chi connectivity index (χ0) is 16.9. The van der Waals surface area contributed by atoms with Crippen LogP contribution >= 0.6 is 0 Å². The summed E-state index contributed by atoms with van der Waals surface area (Å²) in [4.78, 5) is 23.0. The average molecular weight is 317 g/mol. The SMILES string of the molecule is CC(C)Cc1ccccc1C(=O)NC(CC(F)(F)F)C(=O)O. The number of nitrogens with one attached hydrogen (secondary N) is 1. The summed E-state index contributed by atoms with van der Waals surface area (Å²) in [6.45, 7) is 3.89. The number of aliphatic carboxylic acids is 1. The van der Waals surface area contributed by atoms with Gasteiger partial charge in [0.05, 0.1) is 6.42 Å². The molecule has 2 N–H and O–H groups in total. The average Bonchev–Trinajstić information content (AvgIpc) is 2.36. The van der Waals surface area contributed by atoms with Gasteiger partial charge in [-0.25, -0.2) is 4.79 Å². The molecule has 0 saturated carbocycles. The van der Waals surface area contributed by atoms with Crippen LogP contribution in [0.4, 0.5) is 13.2 Å². The Hall–Kier alpha value is -2.05. The van der Waals surface area contributed by atoms with Gasteiger partial charge in [-0.05, 0) is 24.0 Å². The highest BCUT2D eigenvalue weighted by Crippen LogP contribution is 2.22. The first-order valence-electron chi connectivity index (χ1n) is 6.78. The van der Waals surface area contributed by atoms with E-state index >= 15 is 0 Å². The van der Waals surface area contributed by atoms with Crippen LogP contribution in [0.3, 0.4) is 0 Å². The fourth-order valence-electron chi connectivity index (χ4n) is 2.03. The van der Waals surface area contributed by atoms with Gasteiger partial charge in [-0.3, -0.25) is 4.79 Å². The van der Waals surface area contributed by atoms with Crippen molar-refractivity contribution in [2.24, 2.45) is 5.92 Å². The number of halogens is 3. The van der Waals surface area contributed by atoms with Crippen LogP contribution in [0.15, 0.2) is 24.3 Å². The molecule has 0 radical (unpaired) electrons. The first-order chi connectivity index (χ1) is 10.1. The van der Waals surface area contributed by atoms with Crippen LogP contribution in [-0.4, -0.2) is 29.2 Å². The highest BCUT2D eigenvalue weighted by molar-refractivity contribution is 5.97. The van der Waals surface area contributed by atoms with Gasteiger partial charge in [0.15, 0.2) is 0 Å². The molecule has 4 nitrogen and oxygen atoms in total. The number of rotatable bonds is 6. The number of hydrogen-bond acceptors (Lipinski definition) is 2. The third-order valence-electron chi connectivity index (χ3n) is 2.93. The first-order valence-corrected chi connectivity index (χ1v) is 6.78. The number of carbonyl (C=O) groups is 2. The second-order valence-corrected chi connectivity index (χ2v) is 5.44. The molecular weight excluding hydrogens is 299 g/mol. The molecule has 1 rings (SSSR count). The summed E-state index contributed by atoms with van der Waals surface area (Å²) >= 11 is 0. The third kappa shape index (κ3) is 5.75. The van der Waals surface area contributed by atoms with Crippen molar-refractivity contribution in [3.63, 3.8) is 0 Å². The summed E-state index contributed by atoms with van der Waals surface area (Å²) in [5, 5.41) is 10.8. The fourth-order valence-corrected chi connectivity index (χ4v) is 2.03. The van der Waals surface area contributed by atoms with Crippen molar-refractivity contribution >= 4 is 11.9 Å². The Balaban J connectivity index is 2.93. The maximum absolute atomic E-state index is 12.4. The van der Waals surface area contributed by atoms with Crippen LogP contribution < -0.4 is 5.32 Å².